The summed E-state index contributed by atoms with van der Waals surface area (Å²) in [6.45, 7) is 1.25. The molecule has 2 rings (SSSR count). The van der Waals surface area contributed by atoms with Gasteiger partial charge in [-0.1, -0.05) is 12.1 Å². The van der Waals surface area contributed by atoms with E-state index >= 15 is 0 Å². The van der Waals surface area contributed by atoms with Crippen molar-refractivity contribution >= 4 is 5.90 Å². The van der Waals surface area contributed by atoms with Gasteiger partial charge in [0.05, 0.1) is 6.54 Å². The molecule has 0 saturated heterocycles. The maximum atomic E-state index is 9.34. The molecule has 0 aliphatic carbocycles. The third kappa shape index (κ3) is 2.73. The number of benzene rings is 1. The summed E-state index contributed by atoms with van der Waals surface area (Å²) in [6.07, 6.45) is 1.56. The molecule has 1 heterocycles. The van der Waals surface area contributed by atoms with Gasteiger partial charge in [0.1, 0.15) is 11.9 Å². The first-order chi connectivity index (χ1) is 7.78. The van der Waals surface area contributed by atoms with Gasteiger partial charge in [0.2, 0.25) is 0 Å². The van der Waals surface area contributed by atoms with Crippen LogP contribution in [-0.2, 0) is 11.2 Å². The van der Waals surface area contributed by atoms with Gasteiger partial charge in [-0.2, -0.15) is 0 Å². The molecule has 0 spiro atoms. The second-order valence-electron chi connectivity index (χ2n) is 3.89. The Labute approximate surface area is 94.8 Å². The van der Waals surface area contributed by atoms with E-state index in [4.69, 9.17) is 10.5 Å². The average Bonchev–Trinajstić information content (AvgIpc) is 2.66. The Morgan fingerprint density at radius 3 is 3.12 bits per heavy atom. The Hall–Kier alpha value is -1.55. The average molecular weight is 220 g/mol. The van der Waals surface area contributed by atoms with Crippen LogP contribution in [0.15, 0.2) is 29.3 Å². The molecular weight excluding hydrogens is 204 g/mol. The predicted octanol–water partition coefficient (Wildman–Crippen LogP) is 1.08. The SMILES string of the molecule is NCCC1=NCC(Cc2cccc(O)c2)O1. The Morgan fingerprint density at radius 1 is 1.50 bits per heavy atom. The summed E-state index contributed by atoms with van der Waals surface area (Å²) >= 11 is 0. The molecule has 0 fully saturated rings. The molecule has 3 N–H and O–H groups in total. The van der Waals surface area contributed by atoms with Gasteiger partial charge in [-0.15, -0.1) is 0 Å². The third-order valence-corrected chi connectivity index (χ3v) is 2.51. The molecule has 0 bridgehead atoms. The smallest absolute Gasteiger partial charge is 0.185 e. The summed E-state index contributed by atoms with van der Waals surface area (Å²) in [5, 5.41) is 9.34. The fourth-order valence-electron chi connectivity index (χ4n) is 1.78. The highest BCUT2D eigenvalue weighted by molar-refractivity contribution is 5.77. The zero-order chi connectivity index (χ0) is 11.4. The number of ether oxygens (including phenoxy) is 1. The minimum absolute atomic E-state index is 0.0864. The highest BCUT2D eigenvalue weighted by atomic mass is 16.5. The molecule has 4 heteroatoms. The Bertz CT molecular complexity index is 390. The van der Waals surface area contributed by atoms with E-state index in [1.165, 1.54) is 0 Å². The highest BCUT2D eigenvalue weighted by Gasteiger charge is 2.19. The lowest BCUT2D eigenvalue weighted by Crippen LogP contribution is -2.17. The molecule has 1 aliphatic heterocycles. The molecule has 86 valence electrons. The minimum Gasteiger partial charge on any atom is -0.508 e. The summed E-state index contributed by atoms with van der Waals surface area (Å²) in [4.78, 5) is 4.28. The van der Waals surface area contributed by atoms with E-state index in [2.05, 4.69) is 4.99 Å². The summed E-state index contributed by atoms with van der Waals surface area (Å²) in [6, 6.07) is 7.23. The lowest BCUT2D eigenvalue weighted by molar-refractivity contribution is 0.219. The number of nitrogens with two attached hydrogens (primary N) is 1. The lowest BCUT2D eigenvalue weighted by Gasteiger charge is -2.11. The number of hydrogen-bond donors (Lipinski definition) is 2. The molecule has 0 saturated carbocycles. The number of rotatable bonds is 4. The summed E-state index contributed by atoms with van der Waals surface area (Å²) < 4.78 is 5.63. The van der Waals surface area contributed by atoms with Crippen molar-refractivity contribution in [2.45, 2.75) is 18.9 Å². The van der Waals surface area contributed by atoms with Crippen LogP contribution in [0.25, 0.3) is 0 Å². The second kappa shape index (κ2) is 4.99. The molecule has 1 unspecified atom stereocenters. The van der Waals surface area contributed by atoms with E-state index in [1.54, 1.807) is 12.1 Å². The zero-order valence-corrected chi connectivity index (χ0v) is 9.10. The van der Waals surface area contributed by atoms with Crippen molar-refractivity contribution in [3.63, 3.8) is 0 Å². The molecule has 0 radical (unpaired) electrons. The molecule has 4 nitrogen and oxygen atoms in total. The van der Waals surface area contributed by atoms with E-state index in [-0.39, 0.29) is 6.10 Å². The molecule has 0 amide bonds. The van der Waals surface area contributed by atoms with Gasteiger partial charge in [-0.05, 0) is 17.7 Å². The maximum Gasteiger partial charge on any atom is 0.185 e. The predicted molar refractivity (Wildman–Crippen MR) is 62.7 cm³/mol. The zero-order valence-electron chi connectivity index (χ0n) is 9.10. The molecule has 1 aliphatic rings. The van der Waals surface area contributed by atoms with Crippen LogP contribution in [-0.4, -0.2) is 30.2 Å². The Balaban J connectivity index is 1.89. The van der Waals surface area contributed by atoms with Crippen LogP contribution in [0.3, 0.4) is 0 Å². The van der Waals surface area contributed by atoms with Crippen molar-refractivity contribution < 1.29 is 9.84 Å². The number of aromatic hydroxyl groups is 1. The highest BCUT2D eigenvalue weighted by Crippen LogP contribution is 2.16. The van der Waals surface area contributed by atoms with Crippen molar-refractivity contribution in [1.82, 2.24) is 0 Å². The summed E-state index contributed by atoms with van der Waals surface area (Å²) in [7, 11) is 0. The third-order valence-electron chi connectivity index (χ3n) is 2.51. The van der Waals surface area contributed by atoms with Crippen LogP contribution in [0.5, 0.6) is 5.75 Å². The van der Waals surface area contributed by atoms with Gasteiger partial charge in [-0.3, -0.25) is 4.99 Å². The fraction of sp³-hybridized carbons (Fsp3) is 0.417. The number of aliphatic imine (C=N–C) groups is 1. The van der Waals surface area contributed by atoms with Crippen LogP contribution >= 0.6 is 0 Å². The van der Waals surface area contributed by atoms with Gasteiger partial charge < -0.3 is 15.6 Å². The van der Waals surface area contributed by atoms with Crippen LogP contribution in [0.1, 0.15) is 12.0 Å². The van der Waals surface area contributed by atoms with E-state index in [9.17, 15) is 5.11 Å². The van der Waals surface area contributed by atoms with Crippen LogP contribution in [0.2, 0.25) is 0 Å². The number of phenols is 1. The molecular formula is C12H16N2O2. The number of nitrogens with zero attached hydrogens (tertiary/aromatic N) is 1. The van der Waals surface area contributed by atoms with E-state index in [1.807, 2.05) is 12.1 Å². The van der Waals surface area contributed by atoms with Crippen LogP contribution < -0.4 is 5.73 Å². The Kier molecular flexibility index (Phi) is 3.41. The van der Waals surface area contributed by atoms with Gasteiger partial charge >= 0.3 is 0 Å². The van der Waals surface area contributed by atoms with Crippen molar-refractivity contribution in [3.8, 4) is 5.75 Å². The monoisotopic (exact) mass is 220 g/mol. The second-order valence-corrected chi connectivity index (χ2v) is 3.89. The first-order valence-electron chi connectivity index (χ1n) is 5.46. The van der Waals surface area contributed by atoms with Crippen molar-refractivity contribution in [1.29, 1.82) is 0 Å². The molecule has 1 aromatic carbocycles. The molecule has 0 aromatic heterocycles. The summed E-state index contributed by atoms with van der Waals surface area (Å²) in [5.41, 5.74) is 6.50. The molecule has 16 heavy (non-hydrogen) atoms. The van der Waals surface area contributed by atoms with Gasteiger partial charge in [0, 0.05) is 19.4 Å². The standard InChI is InChI=1S/C12H16N2O2/c13-5-4-12-14-8-11(16-12)7-9-2-1-3-10(15)6-9/h1-3,6,11,15H,4-5,7-8,13H2. The maximum absolute atomic E-state index is 9.34. The van der Waals surface area contributed by atoms with E-state index < -0.39 is 0 Å². The van der Waals surface area contributed by atoms with Gasteiger partial charge in [-0.25, -0.2) is 0 Å². The topological polar surface area (TPSA) is 67.8 Å². The lowest BCUT2D eigenvalue weighted by atomic mass is 10.1. The van der Waals surface area contributed by atoms with E-state index in [0.717, 1.165) is 17.9 Å². The van der Waals surface area contributed by atoms with Crippen molar-refractivity contribution in [3.05, 3.63) is 29.8 Å². The quantitative estimate of drug-likeness (QED) is 0.797. The van der Waals surface area contributed by atoms with Crippen molar-refractivity contribution in [2.24, 2.45) is 10.7 Å². The van der Waals surface area contributed by atoms with Gasteiger partial charge in [0.15, 0.2) is 5.90 Å². The number of hydrogen-bond acceptors (Lipinski definition) is 4. The Morgan fingerprint density at radius 2 is 2.38 bits per heavy atom. The normalized spacial score (nSPS) is 19.3. The first-order valence-corrected chi connectivity index (χ1v) is 5.46. The van der Waals surface area contributed by atoms with Crippen molar-refractivity contribution in [2.75, 3.05) is 13.1 Å². The first kappa shape index (κ1) is 11.0. The van der Waals surface area contributed by atoms with E-state index in [0.29, 0.717) is 25.3 Å². The molecule has 1 aromatic rings. The fourth-order valence-corrected chi connectivity index (χ4v) is 1.78. The molecule has 1 atom stereocenters. The van der Waals surface area contributed by atoms with Gasteiger partial charge in [0.25, 0.3) is 0 Å². The largest absolute Gasteiger partial charge is 0.508 e. The summed E-state index contributed by atoms with van der Waals surface area (Å²) in [5.74, 6) is 1.05. The minimum atomic E-state index is 0.0864. The number of phenolic OH excluding ortho intramolecular Hbond substituents is 1. The van der Waals surface area contributed by atoms with Crippen LogP contribution in [0, 0.1) is 0 Å². The van der Waals surface area contributed by atoms with Crippen LogP contribution in [0.4, 0.5) is 0 Å².